The number of amides is 1. The first-order valence-electron chi connectivity index (χ1n) is 5.75. The fourth-order valence-corrected chi connectivity index (χ4v) is 2.16. The summed E-state index contributed by atoms with van der Waals surface area (Å²) < 4.78 is 0. The highest BCUT2D eigenvalue weighted by molar-refractivity contribution is 5.97. The molecule has 1 fully saturated rings. The van der Waals surface area contributed by atoms with Crippen molar-refractivity contribution in [3.63, 3.8) is 0 Å². The molecule has 98 valence electrons. The van der Waals surface area contributed by atoms with Crippen LogP contribution in [-0.2, 0) is 4.79 Å². The van der Waals surface area contributed by atoms with E-state index in [0.29, 0.717) is 5.56 Å². The van der Waals surface area contributed by atoms with Crippen LogP contribution >= 0.6 is 0 Å². The van der Waals surface area contributed by atoms with Gasteiger partial charge in [-0.2, -0.15) is 5.26 Å². The van der Waals surface area contributed by atoms with E-state index in [1.54, 1.807) is 12.1 Å². The lowest BCUT2D eigenvalue weighted by molar-refractivity contribution is -0.141. The number of rotatable bonds is 2. The maximum atomic E-state index is 12.2. The number of hydrogen-bond acceptors (Lipinski definition) is 4. The molecule has 0 radical (unpaired) electrons. The Bertz CT molecular complexity index is 564. The highest BCUT2D eigenvalue weighted by atomic mass is 16.4. The fourth-order valence-electron chi connectivity index (χ4n) is 2.16. The van der Waals surface area contributed by atoms with Crippen molar-refractivity contribution in [2.75, 3.05) is 6.54 Å². The lowest BCUT2D eigenvalue weighted by atomic mass is 10.1. The second-order valence-corrected chi connectivity index (χ2v) is 4.39. The highest BCUT2D eigenvalue weighted by Gasteiger charge is 2.39. The van der Waals surface area contributed by atoms with Gasteiger partial charge in [0.05, 0.1) is 17.7 Å². The summed E-state index contributed by atoms with van der Waals surface area (Å²) in [5.74, 6) is -1.62. The van der Waals surface area contributed by atoms with E-state index in [0.717, 1.165) is 4.90 Å². The van der Waals surface area contributed by atoms with Gasteiger partial charge in [-0.3, -0.25) is 4.79 Å². The summed E-state index contributed by atoms with van der Waals surface area (Å²) in [5.41, 5.74) is 0.580. The zero-order chi connectivity index (χ0) is 14.0. The van der Waals surface area contributed by atoms with E-state index in [4.69, 9.17) is 10.4 Å². The van der Waals surface area contributed by atoms with Gasteiger partial charge in [-0.25, -0.2) is 4.79 Å². The minimum absolute atomic E-state index is 0.00736. The highest BCUT2D eigenvalue weighted by Crippen LogP contribution is 2.21. The molecule has 1 heterocycles. The van der Waals surface area contributed by atoms with Crippen LogP contribution in [0.25, 0.3) is 0 Å². The molecule has 0 bridgehead atoms. The molecule has 6 nitrogen and oxygen atoms in total. The molecule has 19 heavy (non-hydrogen) atoms. The lowest BCUT2D eigenvalue weighted by Crippen LogP contribution is -2.40. The van der Waals surface area contributed by atoms with Gasteiger partial charge in [0.25, 0.3) is 5.91 Å². The Kier molecular flexibility index (Phi) is 3.49. The van der Waals surface area contributed by atoms with Crippen molar-refractivity contribution in [2.24, 2.45) is 0 Å². The Morgan fingerprint density at radius 1 is 1.42 bits per heavy atom. The van der Waals surface area contributed by atoms with E-state index in [-0.39, 0.29) is 18.5 Å². The predicted molar refractivity (Wildman–Crippen MR) is 64.2 cm³/mol. The number of carboxylic acids is 1. The van der Waals surface area contributed by atoms with Crippen LogP contribution < -0.4 is 0 Å². The number of carboxylic acid groups (broad SMARTS) is 1. The van der Waals surface area contributed by atoms with E-state index >= 15 is 0 Å². The number of aliphatic carboxylic acids is 1. The first kappa shape index (κ1) is 13.1. The minimum atomic E-state index is -1.14. The minimum Gasteiger partial charge on any atom is -0.480 e. The number of β-amino-alcohol motifs (C(OH)–C–C–N with tert-alkyl or cyclic N) is 1. The van der Waals surface area contributed by atoms with Crippen LogP contribution in [0.5, 0.6) is 0 Å². The van der Waals surface area contributed by atoms with Gasteiger partial charge in [0.15, 0.2) is 0 Å². The van der Waals surface area contributed by atoms with Crippen molar-refractivity contribution in [3.05, 3.63) is 35.4 Å². The van der Waals surface area contributed by atoms with Crippen molar-refractivity contribution in [2.45, 2.75) is 18.6 Å². The molecule has 6 heteroatoms. The number of aliphatic hydroxyl groups is 1. The molecule has 2 rings (SSSR count). The molecule has 1 saturated heterocycles. The number of hydrogen-bond donors (Lipinski definition) is 2. The molecule has 1 amide bonds. The third-order valence-electron chi connectivity index (χ3n) is 3.06. The summed E-state index contributed by atoms with van der Waals surface area (Å²) in [5, 5.41) is 27.3. The van der Waals surface area contributed by atoms with Gasteiger partial charge < -0.3 is 15.1 Å². The van der Waals surface area contributed by atoms with Crippen molar-refractivity contribution in [1.29, 1.82) is 5.26 Å². The third-order valence-corrected chi connectivity index (χ3v) is 3.06. The van der Waals surface area contributed by atoms with Crippen molar-refractivity contribution in [1.82, 2.24) is 4.90 Å². The van der Waals surface area contributed by atoms with Crippen LogP contribution in [0.3, 0.4) is 0 Å². The van der Waals surface area contributed by atoms with Crippen LogP contribution in [0.1, 0.15) is 22.3 Å². The van der Waals surface area contributed by atoms with E-state index in [1.165, 1.54) is 12.1 Å². The van der Waals surface area contributed by atoms with Crippen molar-refractivity contribution < 1.29 is 19.8 Å². The Balaban J connectivity index is 2.28. The maximum absolute atomic E-state index is 12.2. The molecular weight excluding hydrogens is 248 g/mol. The zero-order valence-corrected chi connectivity index (χ0v) is 9.98. The van der Waals surface area contributed by atoms with Crippen molar-refractivity contribution >= 4 is 11.9 Å². The van der Waals surface area contributed by atoms with Gasteiger partial charge >= 0.3 is 5.97 Å². The smallest absolute Gasteiger partial charge is 0.326 e. The Labute approximate surface area is 109 Å². The van der Waals surface area contributed by atoms with Crippen LogP contribution in [0, 0.1) is 11.3 Å². The molecule has 0 spiro atoms. The zero-order valence-electron chi connectivity index (χ0n) is 9.98. The van der Waals surface area contributed by atoms with Crippen LogP contribution in [-0.4, -0.2) is 45.7 Å². The average molecular weight is 260 g/mol. The number of aliphatic hydroxyl groups excluding tert-OH is 1. The number of benzene rings is 1. The lowest BCUT2D eigenvalue weighted by Gasteiger charge is -2.21. The van der Waals surface area contributed by atoms with Crippen LogP contribution in [0.4, 0.5) is 0 Å². The van der Waals surface area contributed by atoms with Gasteiger partial charge in [0, 0.05) is 18.5 Å². The molecule has 1 aliphatic heterocycles. The summed E-state index contributed by atoms with van der Waals surface area (Å²) in [6.07, 6.45) is -0.803. The molecule has 0 unspecified atom stereocenters. The normalized spacial score (nSPS) is 22.0. The SMILES string of the molecule is N#Cc1cccc(C(=O)N2C[C@H](O)C[C@H]2C(=O)O)c1. The van der Waals surface area contributed by atoms with E-state index in [1.807, 2.05) is 6.07 Å². The van der Waals surface area contributed by atoms with E-state index in [9.17, 15) is 14.7 Å². The van der Waals surface area contributed by atoms with Crippen LogP contribution in [0.2, 0.25) is 0 Å². The van der Waals surface area contributed by atoms with Crippen molar-refractivity contribution in [3.8, 4) is 6.07 Å². The molecule has 1 aliphatic rings. The second-order valence-electron chi connectivity index (χ2n) is 4.39. The third kappa shape index (κ3) is 2.56. The van der Waals surface area contributed by atoms with E-state index in [2.05, 4.69) is 0 Å². The monoisotopic (exact) mass is 260 g/mol. The summed E-state index contributed by atoms with van der Waals surface area (Å²) >= 11 is 0. The van der Waals surface area contributed by atoms with E-state index < -0.39 is 24.0 Å². The Hall–Kier alpha value is -2.39. The molecular formula is C13H12N2O4. The second kappa shape index (κ2) is 5.08. The number of nitriles is 1. The van der Waals surface area contributed by atoms with Gasteiger partial charge in [-0.1, -0.05) is 6.07 Å². The first-order valence-corrected chi connectivity index (χ1v) is 5.75. The summed E-state index contributed by atoms with van der Waals surface area (Å²) in [6.45, 7) is -0.00736. The molecule has 0 aliphatic carbocycles. The van der Waals surface area contributed by atoms with Gasteiger partial charge in [-0.05, 0) is 18.2 Å². The van der Waals surface area contributed by atoms with Crippen LogP contribution in [0.15, 0.2) is 24.3 Å². The Morgan fingerprint density at radius 2 is 2.16 bits per heavy atom. The standard InChI is InChI=1S/C13H12N2O4/c14-6-8-2-1-3-9(4-8)12(17)15-7-10(16)5-11(15)13(18)19/h1-4,10-11,16H,5,7H2,(H,18,19)/t10-,11+/m1/s1. The quantitative estimate of drug-likeness (QED) is 0.791. The molecule has 1 aromatic carbocycles. The van der Waals surface area contributed by atoms with Gasteiger partial charge in [0.2, 0.25) is 0 Å². The first-order chi connectivity index (χ1) is 9.02. The molecule has 0 aromatic heterocycles. The number of likely N-dealkylation sites (tertiary alicyclic amines) is 1. The fraction of sp³-hybridized carbons (Fsp3) is 0.308. The summed E-state index contributed by atoms with van der Waals surface area (Å²) in [6, 6.07) is 6.95. The molecule has 2 N–H and O–H groups in total. The maximum Gasteiger partial charge on any atom is 0.326 e. The number of carbonyl (C=O) groups is 2. The number of carbonyl (C=O) groups excluding carboxylic acids is 1. The summed E-state index contributed by atoms with van der Waals surface area (Å²) in [4.78, 5) is 24.4. The number of nitrogens with zero attached hydrogens (tertiary/aromatic N) is 2. The average Bonchev–Trinajstić information content (AvgIpc) is 2.80. The Morgan fingerprint density at radius 3 is 2.79 bits per heavy atom. The van der Waals surface area contributed by atoms with Gasteiger partial charge in [-0.15, -0.1) is 0 Å². The largest absolute Gasteiger partial charge is 0.480 e. The molecule has 2 atom stereocenters. The molecule has 0 saturated carbocycles. The summed E-state index contributed by atoms with van der Waals surface area (Å²) in [7, 11) is 0. The molecule has 1 aromatic rings. The van der Waals surface area contributed by atoms with Gasteiger partial charge in [0.1, 0.15) is 6.04 Å². The topological polar surface area (TPSA) is 102 Å². The predicted octanol–water partition coefficient (Wildman–Crippen LogP) is 0.218.